The summed E-state index contributed by atoms with van der Waals surface area (Å²) < 4.78 is 1.95. The third-order valence-corrected chi connectivity index (χ3v) is 3.62. The van der Waals surface area contributed by atoms with Crippen molar-refractivity contribution in [2.75, 3.05) is 6.54 Å². The van der Waals surface area contributed by atoms with E-state index in [1.54, 1.807) is 0 Å². The van der Waals surface area contributed by atoms with E-state index < -0.39 is 0 Å². The molecule has 0 radical (unpaired) electrons. The quantitative estimate of drug-likeness (QED) is 0.806. The average molecular weight is 257 g/mol. The molecule has 0 aliphatic rings. The maximum absolute atomic E-state index is 4.43. The van der Waals surface area contributed by atoms with Crippen LogP contribution in [0, 0.1) is 13.8 Å². The lowest BCUT2D eigenvalue weighted by atomic mass is 10.1. The lowest BCUT2D eigenvalue weighted by molar-refractivity contribution is 0.645. The molecule has 0 amide bonds. The second kappa shape index (κ2) is 6.53. The highest BCUT2D eigenvalue weighted by atomic mass is 15.3. The first-order valence-corrected chi connectivity index (χ1v) is 6.92. The molecule has 2 rings (SSSR count). The average Bonchev–Trinajstić information content (AvgIpc) is 2.65. The maximum Gasteiger partial charge on any atom is 0.0641 e. The number of hydrogen-bond acceptors (Lipinski definition) is 2. The van der Waals surface area contributed by atoms with E-state index in [0.29, 0.717) is 0 Å². The van der Waals surface area contributed by atoms with E-state index in [4.69, 9.17) is 0 Å². The number of nitrogens with zero attached hydrogens (tertiary/aromatic N) is 2. The highest BCUT2D eigenvalue weighted by Crippen LogP contribution is 2.11. The minimum Gasteiger partial charge on any atom is -0.313 e. The van der Waals surface area contributed by atoms with Gasteiger partial charge in [0, 0.05) is 24.8 Å². The monoisotopic (exact) mass is 257 g/mol. The molecule has 1 N–H and O–H groups in total. The summed E-state index contributed by atoms with van der Waals surface area (Å²) in [5, 5.41) is 7.95. The van der Waals surface area contributed by atoms with Crippen LogP contribution in [0.4, 0.5) is 0 Å². The Bertz CT molecular complexity index is 514. The summed E-state index contributed by atoms with van der Waals surface area (Å²) in [6, 6.07) is 10.6. The van der Waals surface area contributed by atoms with Gasteiger partial charge in [0.1, 0.15) is 0 Å². The summed E-state index contributed by atoms with van der Waals surface area (Å²) in [5.74, 6) is 0. The Kier molecular flexibility index (Phi) is 4.74. The fourth-order valence-corrected chi connectivity index (χ4v) is 2.35. The Morgan fingerprint density at radius 3 is 2.53 bits per heavy atom. The van der Waals surface area contributed by atoms with Crippen LogP contribution in [0.2, 0.25) is 0 Å². The van der Waals surface area contributed by atoms with Gasteiger partial charge in [0.2, 0.25) is 0 Å². The summed E-state index contributed by atoms with van der Waals surface area (Å²) in [6.07, 6.45) is 2.31. The number of nitrogens with one attached hydrogen (secondary N) is 1. The van der Waals surface area contributed by atoms with E-state index in [0.717, 1.165) is 25.2 Å². The third-order valence-electron chi connectivity index (χ3n) is 3.62. The zero-order chi connectivity index (χ0) is 13.7. The van der Waals surface area contributed by atoms with Crippen molar-refractivity contribution in [1.82, 2.24) is 15.1 Å². The van der Waals surface area contributed by atoms with Crippen molar-refractivity contribution < 1.29 is 0 Å². The molecule has 0 unspecified atom stereocenters. The van der Waals surface area contributed by atoms with Crippen molar-refractivity contribution in [2.24, 2.45) is 7.05 Å². The van der Waals surface area contributed by atoms with Crippen molar-refractivity contribution in [2.45, 2.75) is 33.2 Å². The lowest BCUT2D eigenvalue weighted by Crippen LogP contribution is -2.16. The van der Waals surface area contributed by atoms with E-state index in [-0.39, 0.29) is 0 Å². The Labute approximate surface area is 115 Å². The van der Waals surface area contributed by atoms with E-state index in [1.807, 2.05) is 11.7 Å². The molecule has 102 valence electrons. The van der Waals surface area contributed by atoms with Gasteiger partial charge in [0.25, 0.3) is 0 Å². The van der Waals surface area contributed by atoms with Crippen molar-refractivity contribution in [3.8, 4) is 0 Å². The number of aryl methyl sites for hydroxylation is 3. The largest absolute Gasteiger partial charge is 0.313 e. The van der Waals surface area contributed by atoms with Crippen molar-refractivity contribution in [3.05, 3.63) is 52.8 Å². The molecule has 1 aromatic heterocycles. The van der Waals surface area contributed by atoms with Crippen LogP contribution in [0.1, 0.15) is 28.9 Å². The van der Waals surface area contributed by atoms with Gasteiger partial charge in [-0.15, -0.1) is 0 Å². The smallest absolute Gasteiger partial charge is 0.0641 e. The first kappa shape index (κ1) is 13.8. The molecular formula is C16H23N3. The molecule has 0 atom stereocenters. The summed E-state index contributed by atoms with van der Waals surface area (Å²) in [7, 11) is 2.00. The standard InChI is InChI=1S/C16H23N3/c1-13-16(14(2)19(3)18-13)12-17-11-7-10-15-8-5-4-6-9-15/h4-6,8-9,17H,7,10-12H2,1-3H3. The Morgan fingerprint density at radius 1 is 1.16 bits per heavy atom. The normalized spacial score (nSPS) is 10.9. The summed E-state index contributed by atoms with van der Waals surface area (Å²) in [4.78, 5) is 0. The molecule has 0 aliphatic heterocycles. The zero-order valence-corrected chi connectivity index (χ0v) is 12.1. The molecule has 3 heteroatoms. The molecular weight excluding hydrogens is 234 g/mol. The van der Waals surface area contributed by atoms with Crippen LogP contribution in [0.25, 0.3) is 0 Å². The van der Waals surface area contributed by atoms with Crippen LogP contribution in [0.5, 0.6) is 0 Å². The maximum atomic E-state index is 4.43. The first-order chi connectivity index (χ1) is 9.18. The molecule has 0 saturated carbocycles. The van der Waals surface area contributed by atoms with E-state index in [2.05, 4.69) is 54.6 Å². The fourth-order valence-electron chi connectivity index (χ4n) is 2.35. The molecule has 0 spiro atoms. The zero-order valence-electron chi connectivity index (χ0n) is 12.1. The number of hydrogen-bond donors (Lipinski definition) is 1. The number of aromatic nitrogens is 2. The van der Waals surface area contributed by atoms with E-state index >= 15 is 0 Å². The molecule has 0 bridgehead atoms. The molecule has 0 aliphatic carbocycles. The Hall–Kier alpha value is -1.61. The fraction of sp³-hybridized carbons (Fsp3) is 0.438. The summed E-state index contributed by atoms with van der Waals surface area (Å²) >= 11 is 0. The highest BCUT2D eigenvalue weighted by Gasteiger charge is 2.07. The van der Waals surface area contributed by atoms with Crippen LogP contribution >= 0.6 is 0 Å². The van der Waals surface area contributed by atoms with Gasteiger partial charge in [-0.25, -0.2) is 0 Å². The predicted molar refractivity (Wildman–Crippen MR) is 79.2 cm³/mol. The van der Waals surface area contributed by atoms with Gasteiger partial charge >= 0.3 is 0 Å². The first-order valence-electron chi connectivity index (χ1n) is 6.92. The van der Waals surface area contributed by atoms with Crippen molar-refractivity contribution in [3.63, 3.8) is 0 Å². The number of benzene rings is 1. The molecule has 2 aromatic rings. The Morgan fingerprint density at radius 2 is 1.89 bits per heavy atom. The topological polar surface area (TPSA) is 29.9 Å². The van der Waals surface area contributed by atoms with Crippen LogP contribution in [-0.2, 0) is 20.0 Å². The van der Waals surface area contributed by atoms with Gasteiger partial charge in [0.15, 0.2) is 0 Å². The van der Waals surface area contributed by atoms with Crippen LogP contribution in [0.3, 0.4) is 0 Å². The van der Waals surface area contributed by atoms with Crippen molar-refractivity contribution >= 4 is 0 Å². The minimum atomic E-state index is 0.917. The molecule has 1 heterocycles. The molecule has 3 nitrogen and oxygen atoms in total. The third kappa shape index (κ3) is 3.67. The van der Waals surface area contributed by atoms with Gasteiger partial charge in [-0.05, 0) is 38.8 Å². The van der Waals surface area contributed by atoms with Crippen LogP contribution in [0.15, 0.2) is 30.3 Å². The second-order valence-corrected chi connectivity index (χ2v) is 5.04. The summed E-state index contributed by atoms with van der Waals surface area (Å²) in [6.45, 7) is 6.16. The van der Waals surface area contributed by atoms with E-state index in [9.17, 15) is 0 Å². The minimum absolute atomic E-state index is 0.917. The lowest BCUT2D eigenvalue weighted by Gasteiger charge is -2.05. The molecule has 0 saturated heterocycles. The van der Waals surface area contributed by atoms with Gasteiger partial charge in [-0.2, -0.15) is 5.10 Å². The van der Waals surface area contributed by atoms with Crippen LogP contribution < -0.4 is 5.32 Å². The van der Waals surface area contributed by atoms with E-state index in [1.165, 1.54) is 23.2 Å². The highest BCUT2D eigenvalue weighted by molar-refractivity contribution is 5.24. The van der Waals surface area contributed by atoms with Gasteiger partial charge in [0.05, 0.1) is 5.69 Å². The van der Waals surface area contributed by atoms with Gasteiger partial charge < -0.3 is 5.32 Å². The Balaban J connectivity index is 1.72. The predicted octanol–water partition coefficient (Wildman–Crippen LogP) is 2.76. The van der Waals surface area contributed by atoms with Crippen LogP contribution in [-0.4, -0.2) is 16.3 Å². The molecule has 0 fully saturated rings. The van der Waals surface area contributed by atoms with Gasteiger partial charge in [-0.1, -0.05) is 30.3 Å². The van der Waals surface area contributed by atoms with Crippen molar-refractivity contribution in [1.29, 1.82) is 0 Å². The SMILES string of the molecule is Cc1nn(C)c(C)c1CNCCCc1ccccc1. The molecule has 19 heavy (non-hydrogen) atoms. The number of rotatable bonds is 6. The second-order valence-electron chi connectivity index (χ2n) is 5.04. The molecule has 1 aromatic carbocycles. The summed E-state index contributed by atoms with van der Waals surface area (Å²) in [5.41, 5.74) is 5.14. The van der Waals surface area contributed by atoms with Gasteiger partial charge in [-0.3, -0.25) is 4.68 Å².